The van der Waals surface area contributed by atoms with Crippen LogP contribution in [0, 0.1) is 0 Å². The van der Waals surface area contributed by atoms with Gasteiger partial charge in [-0.3, -0.25) is 9.89 Å². The molecule has 106 valence electrons. The van der Waals surface area contributed by atoms with Gasteiger partial charge in [0.05, 0.1) is 11.1 Å². The van der Waals surface area contributed by atoms with Crippen LogP contribution in [-0.2, 0) is 6.18 Å². The van der Waals surface area contributed by atoms with Crippen molar-refractivity contribution in [3.8, 4) is 0 Å². The van der Waals surface area contributed by atoms with E-state index in [-0.39, 0.29) is 17.0 Å². The van der Waals surface area contributed by atoms with E-state index >= 15 is 0 Å². The maximum absolute atomic E-state index is 12.7. The highest BCUT2D eigenvalue weighted by Crippen LogP contribution is 2.32. The predicted octanol–water partition coefficient (Wildman–Crippen LogP) is 2.82. The summed E-state index contributed by atoms with van der Waals surface area (Å²) >= 11 is 0. The lowest BCUT2D eigenvalue weighted by molar-refractivity contribution is -0.137. The molecule has 7 heteroatoms. The van der Waals surface area contributed by atoms with Crippen molar-refractivity contribution in [2.24, 2.45) is 0 Å². The second-order valence-corrected chi connectivity index (χ2v) is 4.83. The molecule has 2 aromatic rings. The van der Waals surface area contributed by atoms with E-state index in [1.165, 1.54) is 6.07 Å². The zero-order valence-corrected chi connectivity index (χ0v) is 10.5. The van der Waals surface area contributed by atoms with E-state index in [2.05, 4.69) is 10.2 Å². The Morgan fingerprint density at radius 1 is 1.25 bits per heavy atom. The molecule has 0 atom stereocenters. The molecule has 1 aromatic carbocycles. The summed E-state index contributed by atoms with van der Waals surface area (Å²) in [6.45, 7) is 1.26. The SMILES string of the molecule is O=C(c1n[nH]c2ccc(C(F)(F)F)cc12)N1CCCC1. The summed E-state index contributed by atoms with van der Waals surface area (Å²) in [7, 11) is 0. The molecule has 1 fully saturated rings. The first kappa shape index (κ1) is 13.0. The summed E-state index contributed by atoms with van der Waals surface area (Å²) in [5.41, 5.74) is -0.282. The summed E-state index contributed by atoms with van der Waals surface area (Å²) < 4.78 is 38.2. The van der Waals surface area contributed by atoms with Gasteiger partial charge in [0.15, 0.2) is 5.69 Å². The van der Waals surface area contributed by atoms with Gasteiger partial charge in [0.25, 0.3) is 5.91 Å². The molecule has 1 aliphatic rings. The van der Waals surface area contributed by atoms with Crippen molar-refractivity contribution in [2.75, 3.05) is 13.1 Å². The van der Waals surface area contributed by atoms with Gasteiger partial charge in [-0.2, -0.15) is 18.3 Å². The third-order valence-corrected chi connectivity index (χ3v) is 3.49. The average molecular weight is 283 g/mol. The Kier molecular flexibility index (Phi) is 2.92. The van der Waals surface area contributed by atoms with E-state index in [9.17, 15) is 18.0 Å². The van der Waals surface area contributed by atoms with Crippen molar-refractivity contribution in [3.05, 3.63) is 29.5 Å². The number of hydrogen-bond donors (Lipinski definition) is 1. The second-order valence-electron chi connectivity index (χ2n) is 4.83. The van der Waals surface area contributed by atoms with Gasteiger partial charge in [-0.1, -0.05) is 0 Å². The van der Waals surface area contributed by atoms with Crippen LogP contribution < -0.4 is 0 Å². The van der Waals surface area contributed by atoms with Crippen LogP contribution >= 0.6 is 0 Å². The van der Waals surface area contributed by atoms with Crippen LogP contribution in [0.1, 0.15) is 28.9 Å². The number of benzene rings is 1. The van der Waals surface area contributed by atoms with Crippen molar-refractivity contribution in [2.45, 2.75) is 19.0 Å². The first-order chi connectivity index (χ1) is 9.47. The van der Waals surface area contributed by atoms with Gasteiger partial charge in [-0.05, 0) is 31.0 Å². The minimum atomic E-state index is -4.43. The Labute approximate surface area is 112 Å². The van der Waals surface area contributed by atoms with E-state index in [0.29, 0.717) is 18.6 Å². The number of carbonyl (C=O) groups is 1. The highest BCUT2D eigenvalue weighted by molar-refractivity contribution is 6.04. The third kappa shape index (κ3) is 2.13. The average Bonchev–Trinajstić information content (AvgIpc) is 3.06. The summed E-state index contributed by atoms with van der Waals surface area (Å²) in [5.74, 6) is -0.312. The molecular weight excluding hydrogens is 271 g/mol. The zero-order valence-electron chi connectivity index (χ0n) is 10.5. The van der Waals surface area contributed by atoms with Crippen LogP contribution in [0.4, 0.5) is 13.2 Å². The second kappa shape index (κ2) is 4.50. The molecule has 0 bridgehead atoms. The maximum atomic E-state index is 12.7. The van der Waals surface area contributed by atoms with E-state index in [0.717, 1.165) is 25.0 Å². The Balaban J connectivity index is 2.05. The smallest absolute Gasteiger partial charge is 0.337 e. The number of amides is 1. The van der Waals surface area contributed by atoms with Crippen LogP contribution in [0.5, 0.6) is 0 Å². The number of carbonyl (C=O) groups excluding carboxylic acids is 1. The highest BCUT2D eigenvalue weighted by atomic mass is 19.4. The van der Waals surface area contributed by atoms with E-state index < -0.39 is 11.7 Å². The van der Waals surface area contributed by atoms with Crippen LogP contribution in [-0.4, -0.2) is 34.1 Å². The number of fused-ring (bicyclic) bond motifs is 1. The molecule has 1 amide bonds. The number of rotatable bonds is 1. The third-order valence-electron chi connectivity index (χ3n) is 3.49. The molecule has 0 spiro atoms. The van der Waals surface area contributed by atoms with Crippen molar-refractivity contribution >= 4 is 16.8 Å². The fourth-order valence-corrected chi connectivity index (χ4v) is 2.42. The molecule has 2 heterocycles. The van der Waals surface area contributed by atoms with E-state index in [1.807, 2.05) is 0 Å². The van der Waals surface area contributed by atoms with Gasteiger partial charge in [-0.25, -0.2) is 0 Å². The lowest BCUT2D eigenvalue weighted by Crippen LogP contribution is -2.28. The number of halogens is 3. The number of hydrogen-bond acceptors (Lipinski definition) is 2. The van der Waals surface area contributed by atoms with Crippen LogP contribution in [0.15, 0.2) is 18.2 Å². The fourth-order valence-electron chi connectivity index (χ4n) is 2.42. The summed E-state index contributed by atoms with van der Waals surface area (Å²) in [5, 5.41) is 6.70. The minimum Gasteiger partial charge on any atom is -0.337 e. The van der Waals surface area contributed by atoms with Crippen LogP contribution in [0.3, 0.4) is 0 Å². The molecule has 1 aromatic heterocycles. The van der Waals surface area contributed by atoms with Gasteiger partial charge in [-0.15, -0.1) is 0 Å². The van der Waals surface area contributed by atoms with Gasteiger partial charge in [0, 0.05) is 18.5 Å². The first-order valence-corrected chi connectivity index (χ1v) is 6.31. The van der Waals surface area contributed by atoms with Crippen LogP contribution in [0.25, 0.3) is 10.9 Å². The monoisotopic (exact) mass is 283 g/mol. The predicted molar refractivity (Wildman–Crippen MR) is 66.2 cm³/mol. The summed E-state index contributed by atoms with van der Waals surface area (Å²) in [4.78, 5) is 13.9. The number of aromatic amines is 1. The molecule has 1 N–H and O–H groups in total. The number of nitrogens with one attached hydrogen (secondary N) is 1. The lowest BCUT2D eigenvalue weighted by Gasteiger charge is -2.13. The molecule has 0 unspecified atom stereocenters. The molecule has 4 nitrogen and oxygen atoms in total. The Morgan fingerprint density at radius 3 is 2.60 bits per heavy atom. The Bertz CT molecular complexity index is 656. The zero-order chi connectivity index (χ0) is 14.3. The molecule has 1 saturated heterocycles. The lowest BCUT2D eigenvalue weighted by atomic mass is 10.1. The largest absolute Gasteiger partial charge is 0.416 e. The number of nitrogens with zero attached hydrogens (tertiary/aromatic N) is 2. The van der Waals surface area contributed by atoms with Crippen molar-refractivity contribution in [1.82, 2.24) is 15.1 Å². The first-order valence-electron chi connectivity index (χ1n) is 6.31. The van der Waals surface area contributed by atoms with Gasteiger partial charge in [0.2, 0.25) is 0 Å². The molecule has 0 saturated carbocycles. The minimum absolute atomic E-state index is 0.0630. The Morgan fingerprint density at radius 2 is 1.95 bits per heavy atom. The molecule has 3 rings (SSSR count). The Hall–Kier alpha value is -2.05. The van der Waals surface area contributed by atoms with E-state index in [1.54, 1.807) is 4.90 Å². The van der Waals surface area contributed by atoms with Gasteiger partial charge in [0.1, 0.15) is 0 Å². The molecular formula is C13H12F3N3O. The quantitative estimate of drug-likeness (QED) is 0.875. The molecule has 20 heavy (non-hydrogen) atoms. The topological polar surface area (TPSA) is 49.0 Å². The number of likely N-dealkylation sites (tertiary alicyclic amines) is 1. The molecule has 0 radical (unpaired) electrons. The summed E-state index contributed by atoms with van der Waals surface area (Å²) in [6.07, 6.45) is -2.59. The number of aromatic nitrogens is 2. The standard InChI is InChI=1S/C13H12F3N3O/c14-13(15,16)8-3-4-10-9(7-8)11(18-17-10)12(20)19-5-1-2-6-19/h3-4,7H,1-2,5-6H2,(H,17,18). The van der Waals surface area contributed by atoms with Gasteiger partial charge >= 0.3 is 6.18 Å². The number of alkyl halides is 3. The highest BCUT2D eigenvalue weighted by Gasteiger charge is 2.32. The summed E-state index contributed by atoms with van der Waals surface area (Å²) in [6, 6.07) is 3.25. The fraction of sp³-hybridized carbons (Fsp3) is 0.385. The van der Waals surface area contributed by atoms with Gasteiger partial charge < -0.3 is 4.90 Å². The van der Waals surface area contributed by atoms with Crippen molar-refractivity contribution in [3.63, 3.8) is 0 Å². The van der Waals surface area contributed by atoms with Crippen LogP contribution in [0.2, 0.25) is 0 Å². The van der Waals surface area contributed by atoms with Crippen molar-refractivity contribution in [1.29, 1.82) is 0 Å². The molecule has 0 aliphatic carbocycles. The van der Waals surface area contributed by atoms with E-state index in [4.69, 9.17) is 0 Å². The van der Waals surface area contributed by atoms with Crippen molar-refractivity contribution < 1.29 is 18.0 Å². The maximum Gasteiger partial charge on any atom is 0.416 e. The normalized spacial score (nSPS) is 16.1. The number of H-pyrrole nitrogens is 1. The molecule has 1 aliphatic heterocycles.